The van der Waals surface area contributed by atoms with Crippen molar-refractivity contribution in [1.82, 2.24) is 10.3 Å². The van der Waals surface area contributed by atoms with Gasteiger partial charge in [-0.25, -0.2) is 4.79 Å². The molecule has 5 nitrogen and oxygen atoms in total. The Balaban J connectivity index is 2.13. The summed E-state index contributed by atoms with van der Waals surface area (Å²) in [6.45, 7) is 1.57. The lowest BCUT2D eigenvalue weighted by Gasteiger charge is -2.09. The first kappa shape index (κ1) is 14.7. The lowest BCUT2D eigenvalue weighted by atomic mass is 10.1. The average Bonchev–Trinajstić information content (AvgIpc) is 2.51. The summed E-state index contributed by atoms with van der Waals surface area (Å²) in [5.41, 5.74) is 1.67. The third kappa shape index (κ3) is 3.66. The van der Waals surface area contributed by atoms with Gasteiger partial charge in [-0.1, -0.05) is 24.3 Å². The van der Waals surface area contributed by atoms with Crippen LogP contribution in [0.25, 0.3) is 17.0 Å². The number of para-hydroxylation sites is 1. The van der Waals surface area contributed by atoms with Gasteiger partial charge < -0.3 is 10.1 Å². The van der Waals surface area contributed by atoms with Gasteiger partial charge in [-0.3, -0.25) is 9.78 Å². The van der Waals surface area contributed by atoms with Crippen LogP contribution >= 0.6 is 0 Å². The number of fused-ring (bicyclic) bond motifs is 1. The van der Waals surface area contributed by atoms with Gasteiger partial charge in [0, 0.05) is 23.2 Å². The predicted molar refractivity (Wildman–Crippen MR) is 80.4 cm³/mol. The molecular weight excluding hydrogens is 268 g/mol. The highest BCUT2D eigenvalue weighted by molar-refractivity contribution is 5.97. The minimum absolute atomic E-state index is 0.360. The molecule has 0 aliphatic rings. The first-order valence-corrected chi connectivity index (χ1v) is 6.52. The van der Waals surface area contributed by atoms with E-state index in [-0.39, 0.29) is 5.91 Å². The molecule has 0 unspecified atom stereocenters. The molecule has 0 saturated carbocycles. The summed E-state index contributed by atoms with van der Waals surface area (Å²) >= 11 is 0. The molecule has 1 amide bonds. The van der Waals surface area contributed by atoms with Crippen molar-refractivity contribution in [2.24, 2.45) is 0 Å². The number of carbonyl (C=O) groups is 2. The van der Waals surface area contributed by atoms with Gasteiger partial charge in [0.15, 0.2) is 0 Å². The van der Waals surface area contributed by atoms with Crippen LogP contribution in [-0.2, 0) is 14.3 Å². The maximum absolute atomic E-state index is 11.8. The van der Waals surface area contributed by atoms with Crippen LogP contribution in [-0.4, -0.2) is 30.0 Å². The van der Waals surface area contributed by atoms with Crippen molar-refractivity contribution < 1.29 is 14.3 Å². The molecule has 5 heteroatoms. The summed E-state index contributed by atoms with van der Waals surface area (Å²) in [6, 6.07) is 8.87. The molecule has 2 rings (SSSR count). The predicted octanol–water partition coefficient (Wildman–Crippen LogP) is 1.93. The van der Waals surface area contributed by atoms with E-state index < -0.39 is 12.0 Å². The second-order valence-corrected chi connectivity index (χ2v) is 4.51. The zero-order valence-corrected chi connectivity index (χ0v) is 11.9. The van der Waals surface area contributed by atoms with Crippen molar-refractivity contribution in [1.29, 1.82) is 0 Å². The molecule has 1 atom stereocenters. The fourth-order valence-corrected chi connectivity index (χ4v) is 1.92. The standard InChI is InChI=1S/C16H16N2O3/c1-11(16(20)21-2)18-14(19)9-8-13-6-3-5-12-7-4-10-17-15(12)13/h3-11H,1-2H3,(H,18,19)/t11-/m0/s1. The second-order valence-electron chi connectivity index (χ2n) is 4.51. The van der Waals surface area contributed by atoms with E-state index in [2.05, 4.69) is 15.0 Å². The number of carbonyl (C=O) groups excluding carboxylic acids is 2. The van der Waals surface area contributed by atoms with Gasteiger partial charge >= 0.3 is 5.97 Å². The molecule has 0 radical (unpaired) electrons. The van der Waals surface area contributed by atoms with Crippen molar-refractivity contribution in [2.45, 2.75) is 13.0 Å². The molecule has 21 heavy (non-hydrogen) atoms. The number of ether oxygens (including phenoxy) is 1. The highest BCUT2D eigenvalue weighted by Crippen LogP contribution is 2.16. The van der Waals surface area contributed by atoms with E-state index in [1.54, 1.807) is 19.2 Å². The highest BCUT2D eigenvalue weighted by atomic mass is 16.5. The number of nitrogens with one attached hydrogen (secondary N) is 1. The normalized spacial score (nSPS) is 12.3. The van der Waals surface area contributed by atoms with Gasteiger partial charge in [-0.2, -0.15) is 0 Å². The van der Waals surface area contributed by atoms with Gasteiger partial charge in [0.05, 0.1) is 12.6 Å². The van der Waals surface area contributed by atoms with Crippen molar-refractivity contribution in [2.75, 3.05) is 7.11 Å². The summed E-state index contributed by atoms with van der Waals surface area (Å²) in [5.74, 6) is -0.843. The van der Waals surface area contributed by atoms with Gasteiger partial charge in [0.1, 0.15) is 6.04 Å². The number of esters is 1. The number of hydrogen-bond acceptors (Lipinski definition) is 4. The quantitative estimate of drug-likeness (QED) is 0.688. The van der Waals surface area contributed by atoms with Crippen LogP contribution in [0.1, 0.15) is 12.5 Å². The van der Waals surface area contributed by atoms with E-state index >= 15 is 0 Å². The monoisotopic (exact) mass is 284 g/mol. The number of aromatic nitrogens is 1. The molecule has 1 aromatic heterocycles. The van der Waals surface area contributed by atoms with E-state index in [1.165, 1.54) is 13.2 Å². The van der Waals surface area contributed by atoms with E-state index in [0.29, 0.717) is 0 Å². The number of rotatable bonds is 4. The average molecular weight is 284 g/mol. The topological polar surface area (TPSA) is 68.3 Å². The molecular formula is C16H16N2O3. The summed E-state index contributed by atoms with van der Waals surface area (Å²) in [6.07, 6.45) is 4.76. The third-order valence-corrected chi connectivity index (χ3v) is 2.99. The van der Waals surface area contributed by atoms with Crippen LogP contribution in [0, 0.1) is 0 Å². The fraction of sp³-hybridized carbons (Fsp3) is 0.188. The minimum atomic E-state index is -0.683. The molecule has 0 saturated heterocycles. The number of nitrogens with zero attached hydrogens (tertiary/aromatic N) is 1. The number of methoxy groups -OCH3 is 1. The smallest absolute Gasteiger partial charge is 0.328 e. The third-order valence-electron chi connectivity index (χ3n) is 2.99. The maximum atomic E-state index is 11.8. The van der Waals surface area contributed by atoms with E-state index in [9.17, 15) is 9.59 Å². The van der Waals surface area contributed by atoms with Crippen LogP contribution in [0.15, 0.2) is 42.6 Å². The molecule has 0 spiro atoms. The lowest BCUT2D eigenvalue weighted by molar-refractivity contribution is -0.144. The molecule has 2 aromatic rings. The molecule has 0 aliphatic carbocycles. The van der Waals surface area contributed by atoms with Crippen molar-refractivity contribution in [3.05, 3.63) is 48.2 Å². The van der Waals surface area contributed by atoms with Crippen LogP contribution < -0.4 is 5.32 Å². The Morgan fingerprint density at radius 1 is 1.29 bits per heavy atom. The molecule has 0 aliphatic heterocycles. The Kier molecular flexibility index (Phi) is 4.66. The van der Waals surface area contributed by atoms with Gasteiger partial charge in [-0.05, 0) is 19.1 Å². The lowest BCUT2D eigenvalue weighted by Crippen LogP contribution is -2.38. The Labute approximate surface area is 122 Å². The van der Waals surface area contributed by atoms with E-state index in [0.717, 1.165) is 16.5 Å². The Morgan fingerprint density at radius 2 is 2.05 bits per heavy atom. The minimum Gasteiger partial charge on any atom is -0.467 e. The Morgan fingerprint density at radius 3 is 2.81 bits per heavy atom. The van der Waals surface area contributed by atoms with Gasteiger partial charge in [-0.15, -0.1) is 0 Å². The number of benzene rings is 1. The molecule has 0 fully saturated rings. The van der Waals surface area contributed by atoms with Gasteiger partial charge in [0.2, 0.25) is 5.91 Å². The summed E-state index contributed by atoms with van der Waals surface area (Å²) < 4.78 is 4.55. The zero-order valence-electron chi connectivity index (χ0n) is 11.9. The Hall–Kier alpha value is -2.69. The van der Waals surface area contributed by atoms with Crippen molar-refractivity contribution in [3.8, 4) is 0 Å². The molecule has 1 N–H and O–H groups in total. The number of amides is 1. The molecule has 1 heterocycles. The largest absolute Gasteiger partial charge is 0.467 e. The van der Waals surface area contributed by atoms with Gasteiger partial charge in [0.25, 0.3) is 0 Å². The van der Waals surface area contributed by atoms with Crippen LogP contribution in [0.5, 0.6) is 0 Å². The first-order valence-electron chi connectivity index (χ1n) is 6.52. The van der Waals surface area contributed by atoms with Crippen LogP contribution in [0.2, 0.25) is 0 Å². The van der Waals surface area contributed by atoms with Crippen LogP contribution in [0.3, 0.4) is 0 Å². The second kappa shape index (κ2) is 6.65. The zero-order chi connectivity index (χ0) is 15.2. The van der Waals surface area contributed by atoms with Crippen LogP contribution in [0.4, 0.5) is 0 Å². The first-order chi connectivity index (χ1) is 10.1. The highest BCUT2D eigenvalue weighted by Gasteiger charge is 2.13. The fourth-order valence-electron chi connectivity index (χ4n) is 1.92. The molecule has 0 bridgehead atoms. The number of pyridine rings is 1. The maximum Gasteiger partial charge on any atom is 0.328 e. The van der Waals surface area contributed by atoms with Crippen molar-refractivity contribution >= 4 is 28.9 Å². The number of hydrogen-bond donors (Lipinski definition) is 1. The van der Waals surface area contributed by atoms with E-state index in [1.807, 2.05) is 30.3 Å². The Bertz CT molecular complexity index is 689. The summed E-state index contributed by atoms with van der Waals surface area (Å²) in [7, 11) is 1.28. The summed E-state index contributed by atoms with van der Waals surface area (Å²) in [5, 5.41) is 3.53. The SMILES string of the molecule is COC(=O)[C@H](C)NC(=O)C=Cc1cccc2cccnc12. The van der Waals surface area contributed by atoms with Crippen molar-refractivity contribution in [3.63, 3.8) is 0 Å². The summed E-state index contributed by atoms with van der Waals surface area (Å²) in [4.78, 5) is 27.3. The molecule has 1 aromatic carbocycles. The molecule has 108 valence electrons. The van der Waals surface area contributed by atoms with E-state index in [4.69, 9.17) is 0 Å².